The van der Waals surface area contributed by atoms with E-state index in [0.29, 0.717) is 17.6 Å². The van der Waals surface area contributed by atoms with Gasteiger partial charge in [0.25, 0.3) is 0 Å². The van der Waals surface area contributed by atoms with Crippen molar-refractivity contribution in [3.05, 3.63) is 24.0 Å². The highest BCUT2D eigenvalue weighted by Gasteiger charge is 2.70. The van der Waals surface area contributed by atoms with Crippen molar-refractivity contribution < 1.29 is 28.5 Å². The maximum atomic E-state index is 12.2. The Morgan fingerprint density at radius 3 is 2.90 bits per heavy atom. The molecule has 0 amide bonds. The first-order chi connectivity index (χ1) is 10.0. The van der Waals surface area contributed by atoms with E-state index in [1.54, 1.807) is 0 Å². The Morgan fingerprint density at radius 1 is 1.29 bits per heavy atom. The molecule has 5 aliphatic rings. The van der Waals surface area contributed by atoms with Gasteiger partial charge in [0, 0.05) is 16.9 Å². The van der Waals surface area contributed by atoms with Crippen LogP contribution in [0.15, 0.2) is 24.0 Å². The molecule has 3 saturated heterocycles. The number of fused-ring (bicyclic) bond motifs is 4. The summed E-state index contributed by atoms with van der Waals surface area (Å²) in [7, 11) is 0. The molecule has 6 nitrogen and oxygen atoms in total. The minimum absolute atomic E-state index is 0.0956. The van der Waals surface area contributed by atoms with Crippen LogP contribution in [0.5, 0.6) is 0 Å². The molecule has 4 heterocycles. The SMILES string of the molecule is C=C1C(=O)OC2CC3(C)C4OC4OC=C4C(=O)OC(C12)C43. The number of ether oxygens (including phenoxy) is 4. The predicted molar refractivity (Wildman–Crippen MR) is 66.4 cm³/mol. The third-order valence-corrected chi connectivity index (χ3v) is 5.60. The van der Waals surface area contributed by atoms with Gasteiger partial charge < -0.3 is 18.9 Å². The van der Waals surface area contributed by atoms with Gasteiger partial charge in [-0.1, -0.05) is 13.5 Å². The summed E-state index contributed by atoms with van der Waals surface area (Å²) in [6.07, 6.45) is 0.982. The summed E-state index contributed by atoms with van der Waals surface area (Å²) in [6, 6.07) is 0. The Bertz CT molecular complexity index is 636. The molecular formula is C15H14O6. The molecule has 6 heteroatoms. The van der Waals surface area contributed by atoms with E-state index in [1.165, 1.54) is 6.26 Å². The average Bonchev–Trinajstić information content (AvgIpc) is 3.08. The lowest BCUT2D eigenvalue weighted by Gasteiger charge is -2.44. The van der Waals surface area contributed by atoms with Crippen LogP contribution in [0.3, 0.4) is 0 Å². The predicted octanol–water partition coefficient (Wildman–Crippen LogP) is 0.675. The molecule has 4 aliphatic heterocycles. The molecule has 5 rings (SSSR count). The maximum Gasteiger partial charge on any atom is 0.337 e. The van der Waals surface area contributed by atoms with Gasteiger partial charge in [-0.3, -0.25) is 0 Å². The second kappa shape index (κ2) is 3.32. The summed E-state index contributed by atoms with van der Waals surface area (Å²) in [5, 5.41) is 0. The zero-order chi connectivity index (χ0) is 14.5. The van der Waals surface area contributed by atoms with Gasteiger partial charge >= 0.3 is 11.9 Å². The van der Waals surface area contributed by atoms with Gasteiger partial charge in [-0.05, 0) is 6.42 Å². The van der Waals surface area contributed by atoms with Crippen LogP contribution in [0.1, 0.15) is 13.3 Å². The van der Waals surface area contributed by atoms with Crippen LogP contribution in [0.25, 0.3) is 0 Å². The number of hydrogen-bond donors (Lipinski definition) is 0. The minimum Gasteiger partial charge on any atom is -0.469 e. The van der Waals surface area contributed by atoms with E-state index in [9.17, 15) is 9.59 Å². The zero-order valence-electron chi connectivity index (χ0n) is 11.4. The third-order valence-electron chi connectivity index (χ3n) is 5.60. The maximum absolute atomic E-state index is 12.2. The fourth-order valence-electron chi connectivity index (χ4n) is 4.58. The Hall–Kier alpha value is -1.82. The van der Waals surface area contributed by atoms with E-state index in [0.717, 1.165) is 0 Å². The number of epoxide rings is 1. The largest absolute Gasteiger partial charge is 0.469 e. The van der Waals surface area contributed by atoms with Gasteiger partial charge in [-0.15, -0.1) is 0 Å². The van der Waals surface area contributed by atoms with Crippen molar-refractivity contribution in [3.63, 3.8) is 0 Å². The number of carbonyl (C=O) groups excluding carboxylic acids is 2. The van der Waals surface area contributed by atoms with Crippen LogP contribution in [0.4, 0.5) is 0 Å². The average molecular weight is 290 g/mol. The Morgan fingerprint density at radius 2 is 2.10 bits per heavy atom. The van der Waals surface area contributed by atoms with E-state index in [-0.39, 0.29) is 47.7 Å². The van der Waals surface area contributed by atoms with Crippen LogP contribution in [0.2, 0.25) is 0 Å². The molecule has 0 radical (unpaired) electrons. The monoisotopic (exact) mass is 290 g/mol. The van der Waals surface area contributed by atoms with Gasteiger partial charge in [-0.2, -0.15) is 0 Å². The van der Waals surface area contributed by atoms with E-state index < -0.39 is 6.10 Å². The molecule has 21 heavy (non-hydrogen) atoms. The zero-order valence-corrected chi connectivity index (χ0v) is 11.4. The van der Waals surface area contributed by atoms with Crippen molar-refractivity contribution in [2.75, 3.05) is 0 Å². The Kier molecular flexibility index (Phi) is 1.87. The number of carbonyl (C=O) groups is 2. The van der Waals surface area contributed by atoms with Crippen LogP contribution < -0.4 is 0 Å². The fourth-order valence-corrected chi connectivity index (χ4v) is 4.58. The van der Waals surface area contributed by atoms with Crippen molar-refractivity contribution in [3.8, 4) is 0 Å². The van der Waals surface area contributed by atoms with Crippen molar-refractivity contribution >= 4 is 11.9 Å². The first-order valence-electron chi connectivity index (χ1n) is 7.12. The topological polar surface area (TPSA) is 74.4 Å². The van der Waals surface area contributed by atoms with Crippen LogP contribution in [-0.4, -0.2) is 36.5 Å². The van der Waals surface area contributed by atoms with E-state index >= 15 is 0 Å². The molecule has 0 spiro atoms. The summed E-state index contributed by atoms with van der Waals surface area (Å²) in [4.78, 5) is 24.0. The highest BCUT2D eigenvalue weighted by atomic mass is 16.8. The molecule has 110 valence electrons. The summed E-state index contributed by atoms with van der Waals surface area (Å²) in [5.74, 6) is -1.16. The molecule has 7 unspecified atom stereocenters. The van der Waals surface area contributed by atoms with E-state index in [4.69, 9.17) is 18.9 Å². The summed E-state index contributed by atoms with van der Waals surface area (Å²) < 4.78 is 22.1. The molecule has 0 aromatic rings. The van der Waals surface area contributed by atoms with Gasteiger partial charge in [0.2, 0.25) is 6.29 Å². The van der Waals surface area contributed by atoms with E-state index in [2.05, 4.69) is 13.5 Å². The highest BCUT2D eigenvalue weighted by Crippen LogP contribution is 2.62. The first-order valence-corrected chi connectivity index (χ1v) is 7.12. The van der Waals surface area contributed by atoms with Crippen molar-refractivity contribution in [1.29, 1.82) is 0 Å². The van der Waals surface area contributed by atoms with Crippen LogP contribution in [0, 0.1) is 17.3 Å². The normalized spacial score (nSPS) is 52.6. The lowest BCUT2D eigenvalue weighted by Crippen LogP contribution is -2.51. The van der Waals surface area contributed by atoms with Crippen molar-refractivity contribution in [2.24, 2.45) is 17.3 Å². The van der Waals surface area contributed by atoms with Crippen molar-refractivity contribution in [1.82, 2.24) is 0 Å². The first kappa shape index (κ1) is 11.8. The molecule has 0 bridgehead atoms. The highest BCUT2D eigenvalue weighted by molar-refractivity contribution is 5.94. The number of rotatable bonds is 0. The van der Waals surface area contributed by atoms with Crippen molar-refractivity contribution in [2.45, 2.75) is 37.9 Å². The Balaban J connectivity index is 1.67. The standard InChI is InChI=1S/C15H14O6/c1-5-8-7(19-12(5)16)3-15(2)9-6(13(17)20-10(8)9)4-18-14-11(15)21-14/h4,7-11,14H,1,3H2,2H3. The lowest BCUT2D eigenvalue weighted by atomic mass is 9.58. The summed E-state index contributed by atoms with van der Waals surface area (Å²) in [6.45, 7) is 5.89. The van der Waals surface area contributed by atoms with Gasteiger partial charge in [0.1, 0.15) is 18.3 Å². The molecule has 0 aromatic carbocycles. The lowest BCUT2D eigenvalue weighted by molar-refractivity contribution is -0.150. The number of esters is 2. The molecule has 0 aromatic heterocycles. The second-order valence-electron chi connectivity index (χ2n) is 6.69. The second-order valence-corrected chi connectivity index (χ2v) is 6.69. The van der Waals surface area contributed by atoms with Crippen LogP contribution in [-0.2, 0) is 28.5 Å². The van der Waals surface area contributed by atoms with E-state index in [1.807, 2.05) is 0 Å². The molecule has 1 saturated carbocycles. The minimum atomic E-state index is -0.419. The van der Waals surface area contributed by atoms with Crippen LogP contribution >= 0.6 is 0 Å². The number of hydrogen-bond acceptors (Lipinski definition) is 6. The van der Waals surface area contributed by atoms with Gasteiger partial charge in [0.05, 0.1) is 17.8 Å². The molecule has 7 atom stereocenters. The molecule has 1 aliphatic carbocycles. The fraction of sp³-hybridized carbons (Fsp3) is 0.600. The van der Waals surface area contributed by atoms with Gasteiger partial charge in [-0.25, -0.2) is 9.59 Å². The molecular weight excluding hydrogens is 276 g/mol. The van der Waals surface area contributed by atoms with Gasteiger partial charge in [0.15, 0.2) is 0 Å². The smallest absolute Gasteiger partial charge is 0.337 e. The quantitative estimate of drug-likeness (QED) is 0.371. The summed E-state index contributed by atoms with van der Waals surface area (Å²) in [5.41, 5.74) is 0.610. The molecule has 0 N–H and O–H groups in total. The Labute approximate surface area is 120 Å². The molecule has 4 fully saturated rings. The third kappa shape index (κ3) is 1.23. The summed E-state index contributed by atoms with van der Waals surface area (Å²) >= 11 is 0.